The number of nitrogens with two attached hydrogens (primary N) is 1. The van der Waals surface area contributed by atoms with E-state index in [1.165, 1.54) is 5.69 Å². The summed E-state index contributed by atoms with van der Waals surface area (Å²) >= 11 is 0. The van der Waals surface area contributed by atoms with Crippen LogP contribution in [0.4, 0.5) is 17.1 Å². The summed E-state index contributed by atoms with van der Waals surface area (Å²) in [5.41, 5.74) is 8.86. The molecule has 4 heteroatoms. The van der Waals surface area contributed by atoms with Crippen LogP contribution >= 0.6 is 0 Å². The molecule has 0 saturated carbocycles. The molecule has 0 bridgehead atoms. The van der Waals surface area contributed by atoms with Crippen LogP contribution < -0.4 is 16.0 Å². The number of ether oxygens (including phenoxy) is 1. The zero-order valence-corrected chi connectivity index (χ0v) is 10.7. The van der Waals surface area contributed by atoms with Crippen LogP contribution in [0.5, 0.6) is 0 Å². The van der Waals surface area contributed by atoms with E-state index in [4.69, 9.17) is 10.5 Å². The summed E-state index contributed by atoms with van der Waals surface area (Å²) in [5.74, 6) is 0. The number of hydrogen-bond acceptors (Lipinski definition) is 4. The molecule has 3 N–H and O–H groups in total. The molecule has 0 radical (unpaired) electrons. The second-order valence-corrected chi connectivity index (χ2v) is 4.69. The molecule has 1 heterocycles. The Morgan fingerprint density at radius 1 is 1.29 bits per heavy atom. The number of anilines is 3. The summed E-state index contributed by atoms with van der Waals surface area (Å²) in [5, 5.41) is 3.20. The number of nitrogens with one attached hydrogen (secondary N) is 1. The topological polar surface area (TPSA) is 50.5 Å². The Labute approximate surface area is 103 Å². The molecule has 1 aliphatic rings. The Hall–Kier alpha value is -1.42. The zero-order valence-electron chi connectivity index (χ0n) is 10.7. The molecule has 2 atom stereocenters. The first-order valence-corrected chi connectivity index (χ1v) is 6.08. The van der Waals surface area contributed by atoms with Gasteiger partial charge in [-0.3, -0.25) is 0 Å². The van der Waals surface area contributed by atoms with Gasteiger partial charge in [-0.05, 0) is 32.0 Å². The lowest BCUT2D eigenvalue weighted by atomic mass is 10.1. The van der Waals surface area contributed by atoms with Crippen LogP contribution in [0.3, 0.4) is 0 Å². The monoisotopic (exact) mass is 235 g/mol. The minimum Gasteiger partial charge on any atom is -0.399 e. The molecule has 94 valence electrons. The van der Waals surface area contributed by atoms with Crippen LogP contribution in [0.2, 0.25) is 0 Å². The second kappa shape index (κ2) is 4.84. The van der Waals surface area contributed by atoms with Gasteiger partial charge in [0.15, 0.2) is 0 Å². The van der Waals surface area contributed by atoms with Crippen LogP contribution in [0, 0.1) is 0 Å². The highest BCUT2D eigenvalue weighted by Gasteiger charge is 2.23. The van der Waals surface area contributed by atoms with Crippen molar-refractivity contribution in [1.29, 1.82) is 0 Å². The predicted octanol–water partition coefficient (Wildman–Crippen LogP) is 1.92. The fourth-order valence-electron chi connectivity index (χ4n) is 2.40. The van der Waals surface area contributed by atoms with Crippen LogP contribution in [-0.2, 0) is 4.74 Å². The highest BCUT2D eigenvalue weighted by molar-refractivity contribution is 5.74. The lowest BCUT2D eigenvalue weighted by molar-refractivity contribution is -0.00517. The van der Waals surface area contributed by atoms with Gasteiger partial charge in [0.2, 0.25) is 0 Å². The van der Waals surface area contributed by atoms with Crippen molar-refractivity contribution in [2.75, 3.05) is 36.1 Å². The van der Waals surface area contributed by atoms with Crippen molar-refractivity contribution in [3.63, 3.8) is 0 Å². The Balaban J connectivity index is 2.26. The molecule has 0 aliphatic carbocycles. The number of morpholine rings is 1. The number of nitrogens with zero attached hydrogens (tertiary/aromatic N) is 1. The highest BCUT2D eigenvalue weighted by atomic mass is 16.5. The van der Waals surface area contributed by atoms with Gasteiger partial charge < -0.3 is 20.7 Å². The SMILES string of the molecule is CNc1cc(N)ccc1N1CC(C)OC(C)C1. The first-order chi connectivity index (χ1) is 8.10. The Morgan fingerprint density at radius 2 is 1.94 bits per heavy atom. The van der Waals surface area contributed by atoms with E-state index in [-0.39, 0.29) is 12.2 Å². The fourth-order valence-corrected chi connectivity index (χ4v) is 2.40. The third kappa shape index (κ3) is 2.64. The van der Waals surface area contributed by atoms with Crippen LogP contribution in [0.1, 0.15) is 13.8 Å². The van der Waals surface area contributed by atoms with Gasteiger partial charge in [0, 0.05) is 25.8 Å². The standard InChI is InChI=1S/C13H21N3O/c1-9-7-16(8-10(2)17-9)13-5-4-11(14)6-12(13)15-3/h4-6,9-10,15H,7-8,14H2,1-3H3. The Kier molecular flexibility index (Phi) is 3.43. The van der Waals surface area contributed by atoms with Crippen LogP contribution in [0.15, 0.2) is 18.2 Å². The van der Waals surface area contributed by atoms with Crippen LogP contribution in [-0.4, -0.2) is 32.3 Å². The fraction of sp³-hybridized carbons (Fsp3) is 0.538. The number of rotatable bonds is 2. The number of hydrogen-bond donors (Lipinski definition) is 2. The zero-order chi connectivity index (χ0) is 12.4. The molecule has 0 aromatic heterocycles. The Morgan fingerprint density at radius 3 is 2.53 bits per heavy atom. The quantitative estimate of drug-likeness (QED) is 0.769. The molecule has 2 unspecified atom stereocenters. The molecule has 1 aliphatic heterocycles. The lowest BCUT2D eigenvalue weighted by Crippen LogP contribution is -2.45. The van der Waals surface area contributed by atoms with Gasteiger partial charge in [0.25, 0.3) is 0 Å². The average molecular weight is 235 g/mol. The maximum absolute atomic E-state index is 5.80. The first-order valence-electron chi connectivity index (χ1n) is 6.08. The number of benzene rings is 1. The first kappa shape index (κ1) is 12.0. The molecule has 1 aromatic carbocycles. The van der Waals surface area contributed by atoms with Crippen molar-refractivity contribution in [3.8, 4) is 0 Å². The van der Waals surface area contributed by atoms with Crippen molar-refractivity contribution in [3.05, 3.63) is 18.2 Å². The van der Waals surface area contributed by atoms with Crippen molar-refractivity contribution >= 4 is 17.1 Å². The molecule has 1 saturated heterocycles. The van der Waals surface area contributed by atoms with E-state index in [0.717, 1.165) is 24.5 Å². The van der Waals surface area contributed by atoms with Gasteiger partial charge >= 0.3 is 0 Å². The van der Waals surface area contributed by atoms with Crippen molar-refractivity contribution in [2.24, 2.45) is 0 Å². The minimum atomic E-state index is 0.265. The molecule has 1 aromatic rings. The predicted molar refractivity (Wildman–Crippen MR) is 72.6 cm³/mol. The molecular formula is C13H21N3O. The van der Waals surface area contributed by atoms with Gasteiger partial charge in [-0.2, -0.15) is 0 Å². The maximum Gasteiger partial charge on any atom is 0.0726 e. The van der Waals surface area contributed by atoms with Crippen molar-refractivity contribution in [2.45, 2.75) is 26.1 Å². The van der Waals surface area contributed by atoms with Crippen LogP contribution in [0.25, 0.3) is 0 Å². The van der Waals surface area contributed by atoms with E-state index in [1.807, 2.05) is 19.2 Å². The molecule has 2 rings (SSSR count). The summed E-state index contributed by atoms with van der Waals surface area (Å²) < 4.78 is 5.75. The van der Waals surface area contributed by atoms with Gasteiger partial charge in [0.1, 0.15) is 0 Å². The average Bonchev–Trinajstić information content (AvgIpc) is 2.27. The Bertz CT molecular complexity index is 384. The van der Waals surface area contributed by atoms with E-state index in [9.17, 15) is 0 Å². The molecule has 0 spiro atoms. The third-order valence-corrected chi connectivity index (χ3v) is 3.05. The summed E-state index contributed by atoms with van der Waals surface area (Å²) in [7, 11) is 1.92. The van der Waals surface area contributed by atoms with E-state index in [0.29, 0.717) is 0 Å². The maximum atomic E-state index is 5.80. The van der Waals surface area contributed by atoms with Gasteiger partial charge in [0.05, 0.1) is 23.6 Å². The van der Waals surface area contributed by atoms with Crippen molar-refractivity contribution < 1.29 is 4.74 Å². The van der Waals surface area contributed by atoms with E-state index >= 15 is 0 Å². The van der Waals surface area contributed by atoms with Gasteiger partial charge in [-0.1, -0.05) is 0 Å². The van der Waals surface area contributed by atoms with Gasteiger partial charge in [-0.25, -0.2) is 0 Å². The highest BCUT2D eigenvalue weighted by Crippen LogP contribution is 2.30. The molecule has 0 amide bonds. The summed E-state index contributed by atoms with van der Waals surface area (Å²) in [4.78, 5) is 2.35. The number of nitrogen functional groups attached to an aromatic ring is 1. The smallest absolute Gasteiger partial charge is 0.0726 e. The normalized spacial score (nSPS) is 24.8. The lowest BCUT2D eigenvalue weighted by Gasteiger charge is -2.37. The molecule has 17 heavy (non-hydrogen) atoms. The summed E-state index contributed by atoms with van der Waals surface area (Å²) in [6.07, 6.45) is 0.530. The summed E-state index contributed by atoms with van der Waals surface area (Å²) in [6.45, 7) is 6.06. The summed E-state index contributed by atoms with van der Waals surface area (Å²) in [6, 6.07) is 5.99. The molecular weight excluding hydrogens is 214 g/mol. The molecule has 4 nitrogen and oxygen atoms in total. The van der Waals surface area contributed by atoms with E-state index < -0.39 is 0 Å². The largest absolute Gasteiger partial charge is 0.399 e. The van der Waals surface area contributed by atoms with E-state index in [2.05, 4.69) is 30.1 Å². The third-order valence-electron chi connectivity index (χ3n) is 3.05. The second-order valence-electron chi connectivity index (χ2n) is 4.69. The van der Waals surface area contributed by atoms with Gasteiger partial charge in [-0.15, -0.1) is 0 Å². The van der Waals surface area contributed by atoms with Crippen molar-refractivity contribution in [1.82, 2.24) is 0 Å². The van der Waals surface area contributed by atoms with E-state index in [1.54, 1.807) is 0 Å². The minimum absolute atomic E-state index is 0.265. The molecule has 1 fully saturated rings.